The second-order valence-corrected chi connectivity index (χ2v) is 7.96. The molecule has 8 nitrogen and oxygen atoms in total. The van der Waals surface area contributed by atoms with Crippen LogP contribution in [0.2, 0.25) is 0 Å². The van der Waals surface area contributed by atoms with E-state index in [1.807, 2.05) is 36.6 Å². The van der Waals surface area contributed by atoms with Gasteiger partial charge in [0.1, 0.15) is 0 Å². The molecule has 1 atom stereocenters. The molecule has 0 unspecified atom stereocenters. The highest BCUT2D eigenvalue weighted by Crippen LogP contribution is 2.32. The summed E-state index contributed by atoms with van der Waals surface area (Å²) < 4.78 is 12.0. The lowest BCUT2D eigenvalue weighted by molar-refractivity contribution is -0.121. The molecule has 3 aromatic heterocycles. The molecule has 1 aromatic carbocycles. The first-order valence-electron chi connectivity index (χ1n) is 9.41. The van der Waals surface area contributed by atoms with Crippen LogP contribution in [-0.4, -0.2) is 27.3 Å². The van der Waals surface area contributed by atoms with Crippen LogP contribution < -0.4 is 20.3 Å². The molecule has 5 rings (SSSR count). The maximum absolute atomic E-state index is 12.5. The molecule has 4 heterocycles. The summed E-state index contributed by atoms with van der Waals surface area (Å²) in [6.45, 7) is 2.00. The molecule has 0 saturated carbocycles. The smallest absolute Gasteiger partial charge is 0.272 e. The molecule has 1 amide bonds. The van der Waals surface area contributed by atoms with Crippen molar-refractivity contribution in [3.8, 4) is 22.1 Å². The lowest BCUT2D eigenvalue weighted by Gasteiger charge is -2.13. The highest BCUT2D eigenvalue weighted by Gasteiger charge is 2.17. The van der Waals surface area contributed by atoms with Crippen LogP contribution in [0.15, 0.2) is 52.6 Å². The van der Waals surface area contributed by atoms with Crippen molar-refractivity contribution in [1.82, 2.24) is 19.9 Å². The Bertz CT molecular complexity index is 1290. The number of hydrogen-bond acceptors (Lipinski definition) is 6. The first-order chi connectivity index (χ1) is 14.6. The van der Waals surface area contributed by atoms with Crippen LogP contribution in [-0.2, 0) is 11.2 Å². The number of H-pyrrole nitrogens is 1. The number of aromatic amines is 1. The van der Waals surface area contributed by atoms with E-state index < -0.39 is 6.04 Å². The van der Waals surface area contributed by atoms with Crippen molar-refractivity contribution in [2.75, 3.05) is 6.79 Å². The normalized spacial score (nSPS) is 13.5. The lowest BCUT2D eigenvalue weighted by atomic mass is 10.1. The number of fused-ring (bicyclic) bond motifs is 2. The van der Waals surface area contributed by atoms with Gasteiger partial charge in [-0.1, -0.05) is 12.1 Å². The maximum atomic E-state index is 12.5. The molecule has 0 aliphatic carbocycles. The van der Waals surface area contributed by atoms with Crippen LogP contribution in [0, 0.1) is 0 Å². The molecule has 9 heteroatoms. The Labute approximate surface area is 175 Å². The van der Waals surface area contributed by atoms with Gasteiger partial charge in [-0.3, -0.25) is 14.7 Å². The van der Waals surface area contributed by atoms with Gasteiger partial charge in [-0.2, -0.15) is 0 Å². The number of nitrogens with one attached hydrogen (secondary N) is 2. The second kappa shape index (κ2) is 7.34. The third-order valence-corrected chi connectivity index (χ3v) is 5.78. The van der Waals surface area contributed by atoms with E-state index in [1.54, 1.807) is 23.5 Å². The Morgan fingerprint density at radius 2 is 2.13 bits per heavy atom. The Morgan fingerprint density at radius 3 is 2.97 bits per heavy atom. The Kier molecular flexibility index (Phi) is 4.51. The van der Waals surface area contributed by atoms with E-state index in [2.05, 4.69) is 15.4 Å². The number of hydrogen-bond donors (Lipinski definition) is 2. The predicted octanol–water partition coefficient (Wildman–Crippen LogP) is 2.90. The molecule has 0 saturated heterocycles. The van der Waals surface area contributed by atoms with Crippen molar-refractivity contribution < 1.29 is 14.3 Å². The summed E-state index contributed by atoms with van der Waals surface area (Å²) in [6.07, 6.45) is 0.189. The van der Waals surface area contributed by atoms with E-state index in [0.29, 0.717) is 22.8 Å². The molecular weight excluding hydrogens is 404 g/mol. The minimum absolute atomic E-state index is 0.170. The number of carbonyl (C=O) groups excluding carboxylic acids is 1. The zero-order valence-corrected chi connectivity index (χ0v) is 16.9. The fourth-order valence-electron chi connectivity index (χ4n) is 3.39. The van der Waals surface area contributed by atoms with Gasteiger partial charge in [-0.05, 0) is 36.1 Å². The monoisotopic (exact) mass is 422 g/mol. The van der Waals surface area contributed by atoms with E-state index in [9.17, 15) is 9.59 Å². The fraction of sp³-hybridized carbons (Fsp3) is 0.190. The summed E-state index contributed by atoms with van der Waals surface area (Å²) in [6, 6.07) is 12.2. The molecule has 1 aliphatic rings. The zero-order chi connectivity index (χ0) is 20.7. The Morgan fingerprint density at radius 1 is 1.27 bits per heavy atom. The Hall–Kier alpha value is -3.59. The van der Waals surface area contributed by atoms with Crippen LogP contribution >= 0.6 is 11.3 Å². The number of amides is 1. The summed E-state index contributed by atoms with van der Waals surface area (Å²) in [5, 5.41) is 7.95. The van der Waals surface area contributed by atoms with Crippen LogP contribution in [0.1, 0.15) is 24.2 Å². The average molecular weight is 422 g/mol. The topological polar surface area (TPSA) is 97.7 Å². The molecule has 0 bridgehead atoms. The van der Waals surface area contributed by atoms with E-state index in [1.165, 1.54) is 10.6 Å². The summed E-state index contributed by atoms with van der Waals surface area (Å²) >= 11 is 1.58. The van der Waals surface area contributed by atoms with Crippen LogP contribution in [0.25, 0.3) is 16.2 Å². The summed E-state index contributed by atoms with van der Waals surface area (Å²) in [4.78, 5) is 30.6. The van der Waals surface area contributed by atoms with E-state index in [-0.39, 0.29) is 24.7 Å². The number of ether oxygens (including phenoxy) is 2. The van der Waals surface area contributed by atoms with E-state index in [0.717, 1.165) is 16.1 Å². The maximum Gasteiger partial charge on any atom is 0.272 e. The SMILES string of the molecule is C[C@@H](NC(=O)Cc1ccc2c(c1)OCO2)c1cc(=O)n2[nH]c(-c3cccs3)cc2n1. The number of carbonyl (C=O) groups is 1. The van der Waals surface area contributed by atoms with Gasteiger partial charge < -0.3 is 14.8 Å². The molecule has 2 N–H and O–H groups in total. The van der Waals surface area contributed by atoms with Gasteiger partial charge in [0.25, 0.3) is 5.56 Å². The van der Waals surface area contributed by atoms with Gasteiger partial charge in [0, 0.05) is 12.1 Å². The molecular formula is C21H18N4O4S. The number of benzene rings is 1. The highest BCUT2D eigenvalue weighted by molar-refractivity contribution is 7.13. The van der Waals surface area contributed by atoms with Gasteiger partial charge in [0.15, 0.2) is 17.1 Å². The number of rotatable bonds is 5. The van der Waals surface area contributed by atoms with Crippen molar-refractivity contribution in [1.29, 1.82) is 0 Å². The van der Waals surface area contributed by atoms with Gasteiger partial charge in [-0.25, -0.2) is 9.50 Å². The third-order valence-electron chi connectivity index (χ3n) is 4.88. The third kappa shape index (κ3) is 3.43. The lowest BCUT2D eigenvalue weighted by Crippen LogP contribution is -2.30. The van der Waals surface area contributed by atoms with E-state index in [4.69, 9.17) is 9.47 Å². The molecule has 0 radical (unpaired) electrons. The van der Waals surface area contributed by atoms with Crippen molar-refractivity contribution in [3.63, 3.8) is 0 Å². The predicted molar refractivity (Wildman–Crippen MR) is 112 cm³/mol. The molecule has 0 fully saturated rings. The van der Waals surface area contributed by atoms with Crippen molar-refractivity contribution in [2.24, 2.45) is 0 Å². The van der Waals surface area contributed by atoms with Gasteiger partial charge in [0.05, 0.1) is 28.7 Å². The summed E-state index contributed by atoms with van der Waals surface area (Å²) in [7, 11) is 0. The number of aromatic nitrogens is 3. The minimum atomic E-state index is -0.413. The largest absolute Gasteiger partial charge is 0.454 e. The van der Waals surface area contributed by atoms with Crippen LogP contribution in [0.4, 0.5) is 0 Å². The first kappa shape index (κ1) is 18.4. The first-order valence-corrected chi connectivity index (χ1v) is 10.3. The molecule has 30 heavy (non-hydrogen) atoms. The van der Waals surface area contributed by atoms with Crippen molar-refractivity contribution in [2.45, 2.75) is 19.4 Å². The molecule has 1 aliphatic heterocycles. The summed E-state index contributed by atoms with van der Waals surface area (Å²) in [5.41, 5.74) is 2.44. The summed E-state index contributed by atoms with van der Waals surface area (Å²) in [5.74, 6) is 1.15. The average Bonchev–Trinajstić information content (AvgIpc) is 3.47. The standard InChI is InChI=1S/C21H18N4O4S/c1-12(22-20(26)8-13-4-5-16-17(7-13)29-11-28-16)14-10-21(27)25-19(23-14)9-15(24-25)18-3-2-6-30-18/h2-7,9-10,12,24H,8,11H2,1H3,(H,22,26)/t12-/m1/s1. The number of nitrogens with zero attached hydrogens (tertiary/aromatic N) is 2. The molecule has 152 valence electrons. The van der Waals surface area contributed by atoms with Crippen LogP contribution in [0.3, 0.4) is 0 Å². The van der Waals surface area contributed by atoms with Gasteiger partial charge >= 0.3 is 0 Å². The highest BCUT2D eigenvalue weighted by atomic mass is 32.1. The van der Waals surface area contributed by atoms with Crippen molar-refractivity contribution >= 4 is 22.9 Å². The zero-order valence-electron chi connectivity index (χ0n) is 16.0. The number of thiophene rings is 1. The Balaban J connectivity index is 1.33. The van der Waals surface area contributed by atoms with Gasteiger partial charge in [0.2, 0.25) is 12.7 Å². The van der Waals surface area contributed by atoms with E-state index >= 15 is 0 Å². The van der Waals surface area contributed by atoms with Crippen molar-refractivity contribution in [3.05, 3.63) is 69.5 Å². The second-order valence-electron chi connectivity index (χ2n) is 7.01. The fourth-order valence-corrected chi connectivity index (χ4v) is 4.08. The van der Waals surface area contributed by atoms with Gasteiger partial charge in [-0.15, -0.1) is 11.3 Å². The molecule has 4 aromatic rings. The minimum Gasteiger partial charge on any atom is -0.454 e. The quantitative estimate of drug-likeness (QED) is 0.515. The molecule has 0 spiro atoms. The van der Waals surface area contributed by atoms with Crippen LogP contribution in [0.5, 0.6) is 11.5 Å².